The molecule has 6 aromatic heterocycles. The largest absolute Gasteiger partial charge is 0.345 e. The van der Waals surface area contributed by atoms with E-state index in [1.165, 1.54) is 33.4 Å². The van der Waals surface area contributed by atoms with Gasteiger partial charge in [-0.3, -0.25) is 58.7 Å². The fourth-order valence-electron chi connectivity index (χ4n) is 15.0. The number of carbonyl (C=O) groups excluding carboxylic acids is 6. The molecule has 0 N–H and O–H groups in total. The molecule has 0 bridgehead atoms. The Hall–Kier alpha value is -8.40. The van der Waals surface area contributed by atoms with Crippen LogP contribution < -0.4 is 0 Å². The minimum Gasteiger partial charge on any atom is -0.345 e. The molecule has 6 aliphatic rings. The topological polar surface area (TPSA) is 209 Å². The molecule has 21 heteroatoms. The van der Waals surface area contributed by atoms with Crippen LogP contribution in [-0.2, 0) is 28.8 Å². The Balaban J connectivity index is 0.000000190. The number of carbonyl (C=O) groups is 6. The highest BCUT2D eigenvalue weighted by Crippen LogP contribution is 2.35. The van der Waals surface area contributed by atoms with E-state index in [1.807, 2.05) is 130 Å². The van der Waals surface area contributed by atoms with E-state index in [4.69, 9.17) is 0 Å². The summed E-state index contributed by atoms with van der Waals surface area (Å²) in [5, 5.41) is 0. The number of likely N-dealkylation sites (tertiary alicyclic amines) is 6. The average molecular weight is 1570 g/mol. The molecule has 0 saturated carbocycles. The monoisotopic (exact) mass is 1560 g/mol. The Bertz CT molecular complexity index is 3500. The molecule has 6 atom stereocenters. The van der Waals surface area contributed by atoms with Gasteiger partial charge in [0.15, 0.2) is 0 Å². The smallest absolute Gasteiger partial charge is 0.223 e. The van der Waals surface area contributed by atoms with E-state index in [2.05, 4.69) is 200 Å². The van der Waals surface area contributed by atoms with Gasteiger partial charge in [-0.2, -0.15) is 0 Å². The maximum absolute atomic E-state index is 12.3. The molecule has 6 fully saturated rings. The van der Waals surface area contributed by atoms with Crippen LogP contribution in [0.5, 0.6) is 0 Å². The van der Waals surface area contributed by atoms with Crippen LogP contribution in [0.2, 0.25) is 0 Å². The van der Waals surface area contributed by atoms with Crippen LogP contribution in [0.1, 0.15) is 299 Å². The first-order valence-corrected chi connectivity index (χ1v) is 42.4. The molecular formula is C93H141N15O6. The first-order chi connectivity index (χ1) is 54.1. The summed E-state index contributed by atoms with van der Waals surface area (Å²) in [5.74, 6) is 6.74. The van der Waals surface area contributed by atoms with Gasteiger partial charge < -0.3 is 44.1 Å². The molecule has 6 amide bonds. The molecule has 6 saturated heterocycles. The third-order valence-corrected chi connectivity index (χ3v) is 23.1. The quantitative estimate of drug-likeness (QED) is 0.0656. The van der Waals surface area contributed by atoms with E-state index in [9.17, 15) is 28.8 Å². The summed E-state index contributed by atoms with van der Waals surface area (Å²) in [6.07, 6.45) is 21.6. The highest BCUT2D eigenvalue weighted by atomic mass is 16.2. The van der Waals surface area contributed by atoms with Gasteiger partial charge in [0.1, 0.15) is 0 Å². The van der Waals surface area contributed by atoms with Crippen LogP contribution in [-0.4, -0.2) is 251 Å². The predicted octanol–water partition coefficient (Wildman–Crippen LogP) is 15.0. The SMILES string of the molecule is CC(C)c1ccc(C2CCC(=O)N(C)C2)cn1.CC(C)c1ccc(C2CCN(CCN(C)C)C(=O)C2)cn1.CC(C)c1ccc([C@@H]2CCC(=O)N(C)C2)cn1.CC(C)c1ccc([C@@H]2CCN(CCN(C)C)C(=O)C2)cn1.CC(C)c1ccc([C@H]2CCC(=O)N(C)C2)cn1.CC(C)c1ccc([C@H]2CCN(CCN(C)C)C(=O)C2)cn1. The first-order valence-electron chi connectivity index (χ1n) is 42.4. The number of hydrogen-bond donors (Lipinski definition) is 0. The lowest BCUT2D eigenvalue weighted by molar-refractivity contribution is -0.134. The molecule has 624 valence electrons. The summed E-state index contributed by atoms with van der Waals surface area (Å²) in [5.41, 5.74) is 14.2. The number of hydrogen-bond acceptors (Lipinski definition) is 15. The number of rotatable bonds is 21. The van der Waals surface area contributed by atoms with Crippen LogP contribution in [0.15, 0.2) is 110 Å². The van der Waals surface area contributed by atoms with Gasteiger partial charge in [0, 0.05) is 227 Å². The zero-order chi connectivity index (χ0) is 83.5. The summed E-state index contributed by atoms with van der Waals surface area (Å²) in [4.78, 5) is 116. The number of pyridine rings is 6. The molecule has 0 aliphatic carbocycles. The van der Waals surface area contributed by atoms with E-state index in [-0.39, 0.29) is 35.4 Å². The lowest BCUT2D eigenvalue weighted by atomic mass is 9.89. The minimum atomic E-state index is 0.257. The molecular weight excluding hydrogens is 1420 g/mol. The molecule has 0 spiro atoms. The third kappa shape index (κ3) is 29.4. The van der Waals surface area contributed by atoms with Gasteiger partial charge in [-0.15, -0.1) is 0 Å². The average Bonchev–Trinajstić information content (AvgIpc) is 0.863. The van der Waals surface area contributed by atoms with Crippen molar-refractivity contribution >= 4 is 35.4 Å². The van der Waals surface area contributed by atoms with E-state index < -0.39 is 0 Å². The van der Waals surface area contributed by atoms with E-state index >= 15 is 0 Å². The summed E-state index contributed by atoms with van der Waals surface area (Å²) >= 11 is 0. The Morgan fingerprint density at radius 2 is 0.482 bits per heavy atom. The second kappa shape index (κ2) is 45.8. The van der Waals surface area contributed by atoms with Crippen LogP contribution in [0.4, 0.5) is 0 Å². The third-order valence-electron chi connectivity index (χ3n) is 23.1. The van der Waals surface area contributed by atoms with Crippen molar-refractivity contribution in [2.24, 2.45) is 0 Å². The highest BCUT2D eigenvalue weighted by molar-refractivity contribution is 5.80. The molecule has 6 aliphatic heterocycles. The zero-order valence-corrected chi connectivity index (χ0v) is 73.4. The highest BCUT2D eigenvalue weighted by Gasteiger charge is 2.32. The van der Waals surface area contributed by atoms with Gasteiger partial charge in [0.25, 0.3) is 0 Å². The van der Waals surface area contributed by atoms with Crippen molar-refractivity contribution in [3.63, 3.8) is 0 Å². The molecule has 6 aromatic rings. The van der Waals surface area contributed by atoms with Crippen LogP contribution in [0.25, 0.3) is 0 Å². The van der Waals surface area contributed by atoms with Gasteiger partial charge in [-0.1, -0.05) is 119 Å². The second-order valence-electron chi connectivity index (χ2n) is 35.2. The standard InChI is InChI=1S/3C17H27N3O.3C14H20N2O/c3*1-13(2)16-6-5-15(12-18-16)14-7-8-20(17(21)11-14)10-9-19(3)4;3*1-10(2)13-6-4-11(8-15-13)12-5-7-14(17)16(3)9-12/h3*5-6,12-14H,7-11H2,1-4H3;3*4,6,8,10,12H,5,7,9H2,1-3H3/t2*14-;;2*12-;/m10.10./s1. The number of piperidine rings is 6. The summed E-state index contributed by atoms with van der Waals surface area (Å²) in [6, 6.07) is 25.6. The summed E-state index contributed by atoms with van der Waals surface area (Å²) < 4.78 is 0. The van der Waals surface area contributed by atoms with Gasteiger partial charge >= 0.3 is 0 Å². The Morgan fingerprint density at radius 3 is 0.632 bits per heavy atom. The Kier molecular flexibility index (Phi) is 37.3. The van der Waals surface area contributed by atoms with Crippen molar-refractivity contribution in [2.45, 2.75) is 231 Å². The maximum atomic E-state index is 12.3. The molecule has 12 heterocycles. The van der Waals surface area contributed by atoms with E-state index in [1.54, 1.807) is 0 Å². The molecule has 12 rings (SSSR count). The number of amides is 6. The van der Waals surface area contributed by atoms with Crippen LogP contribution in [0.3, 0.4) is 0 Å². The zero-order valence-electron chi connectivity index (χ0n) is 73.4. The molecule has 2 unspecified atom stereocenters. The van der Waals surface area contributed by atoms with Crippen molar-refractivity contribution in [2.75, 3.05) is 142 Å². The molecule has 0 radical (unpaired) electrons. The lowest BCUT2D eigenvalue weighted by Gasteiger charge is -2.32. The van der Waals surface area contributed by atoms with Crippen molar-refractivity contribution in [3.8, 4) is 0 Å². The lowest BCUT2D eigenvalue weighted by Crippen LogP contribution is -2.41. The minimum absolute atomic E-state index is 0.257. The molecule has 114 heavy (non-hydrogen) atoms. The van der Waals surface area contributed by atoms with Crippen molar-refractivity contribution in [3.05, 3.63) is 178 Å². The number of nitrogens with zero attached hydrogens (tertiary/aromatic N) is 15. The Labute approximate surface area is 685 Å². The number of likely N-dealkylation sites (N-methyl/N-ethyl adjacent to an activating group) is 6. The van der Waals surface area contributed by atoms with Gasteiger partial charge in [0.05, 0.1) is 0 Å². The number of aromatic nitrogens is 6. The summed E-state index contributed by atoms with van der Waals surface area (Å²) in [6.45, 7) is 36.1. The normalized spacial score (nSPS) is 20.3. The van der Waals surface area contributed by atoms with Gasteiger partial charge in [0.2, 0.25) is 35.4 Å². The predicted molar refractivity (Wildman–Crippen MR) is 460 cm³/mol. The molecule has 0 aromatic carbocycles. The van der Waals surface area contributed by atoms with Crippen molar-refractivity contribution < 1.29 is 28.8 Å². The summed E-state index contributed by atoms with van der Waals surface area (Å²) in [7, 11) is 17.9. The van der Waals surface area contributed by atoms with Gasteiger partial charge in [-0.05, 0) is 204 Å². The van der Waals surface area contributed by atoms with Crippen LogP contribution >= 0.6 is 0 Å². The first kappa shape index (κ1) is 92.8. The molecule has 21 nitrogen and oxygen atoms in total. The van der Waals surface area contributed by atoms with E-state index in [0.717, 1.165) is 151 Å². The van der Waals surface area contributed by atoms with Crippen molar-refractivity contribution in [1.29, 1.82) is 0 Å². The van der Waals surface area contributed by atoms with Gasteiger partial charge in [-0.25, -0.2) is 0 Å². The van der Waals surface area contributed by atoms with Crippen LogP contribution in [0, 0.1) is 0 Å². The fourth-order valence-corrected chi connectivity index (χ4v) is 15.0. The van der Waals surface area contributed by atoms with Crippen molar-refractivity contribution in [1.82, 2.24) is 74.0 Å². The Morgan fingerprint density at radius 1 is 0.289 bits per heavy atom. The van der Waals surface area contributed by atoms with E-state index in [0.29, 0.717) is 110 Å². The fraction of sp³-hybridized carbons (Fsp3) is 0.613. The maximum Gasteiger partial charge on any atom is 0.223 e. The second-order valence-corrected chi connectivity index (χ2v) is 35.2.